The second-order valence-corrected chi connectivity index (χ2v) is 5.02. The average molecular weight is 252 g/mol. The van der Waals surface area contributed by atoms with Crippen LogP contribution in [0.1, 0.15) is 22.7 Å². The first-order valence-electron chi connectivity index (χ1n) is 5.08. The van der Waals surface area contributed by atoms with Crippen molar-refractivity contribution in [1.82, 2.24) is 10.2 Å². The Hall–Kier alpha value is -1.89. The molecule has 2 heterocycles. The highest BCUT2D eigenvalue weighted by molar-refractivity contribution is 7.12. The lowest BCUT2D eigenvalue weighted by atomic mass is 10.2. The van der Waals surface area contributed by atoms with Crippen LogP contribution in [0, 0.1) is 17.0 Å². The molecule has 1 unspecified atom stereocenters. The Morgan fingerprint density at radius 2 is 2.35 bits per heavy atom. The van der Waals surface area contributed by atoms with Gasteiger partial charge in [0.05, 0.1) is 6.04 Å². The second kappa shape index (κ2) is 4.54. The number of anilines is 1. The van der Waals surface area contributed by atoms with Gasteiger partial charge >= 0.3 is 5.82 Å². The van der Waals surface area contributed by atoms with E-state index in [1.807, 2.05) is 26.0 Å². The number of H-pyrrole nitrogens is 1. The Morgan fingerprint density at radius 1 is 1.59 bits per heavy atom. The molecule has 0 spiro atoms. The van der Waals surface area contributed by atoms with Crippen LogP contribution in [0.15, 0.2) is 18.3 Å². The molecule has 7 heteroatoms. The van der Waals surface area contributed by atoms with Gasteiger partial charge in [0.15, 0.2) is 5.69 Å². The molecule has 0 fully saturated rings. The number of thiophene rings is 1. The zero-order chi connectivity index (χ0) is 12.4. The third-order valence-corrected chi connectivity index (χ3v) is 3.55. The molecule has 90 valence electrons. The summed E-state index contributed by atoms with van der Waals surface area (Å²) >= 11 is 1.67. The van der Waals surface area contributed by atoms with Gasteiger partial charge in [0.1, 0.15) is 6.20 Å². The Morgan fingerprint density at radius 3 is 2.94 bits per heavy atom. The Labute approximate surface area is 102 Å². The van der Waals surface area contributed by atoms with Crippen molar-refractivity contribution in [2.45, 2.75) is 19.9 Å². The van der Waals surface area contributed by atoms with Crippen LogP contribution in [0.3, 0.4) is 0 Å². The van der Waals surface area contributed by atoms with Crippen molar-refractivity contribution in [1.29, 1.82) is 0 Å². The van der Waals surface area contributed by atoms with Gasteiger partial charge in [-0.15, -0.1) is 16.4 Å². The second-order valence-electron chi connectivity index (χ2n) is 3.70. The SMILES string of the molecule is Cc1ccc(C(C)Nc2cn[nH]c2[N+](=O)[O-])s1. The van der Waals surface area contributed by atoms with Crippen LogP contribution in [-0.2, 0) is 0 Å². The first-order valence-corrected chi connectivity index (χ1v) is 5.90. The summed E-state index contributed by atoms with van der Waals surface area (Å²) in [6.07, 6.45) is 1.43. The molecule has 6 nitrogen and oxygen atoms in total. The number of aromatic nitrogens is 2. The molecule has 2 rings (SSSR count). The van der Waals surface area contributed by atoms with Gasteiger partial charge in [-0.3, -0.25) is 0 Å². The molecule has 0 saturated carbocycles. The lowest BCUT2D eigenvalue weighted by molar-refractivity contribution is -0.388. The highest BCUT2D eigenvalue weighted by Crippen LogP contribution is 2.28. The zero-order valence-electron chi connectivity index (χ0n) is 9.43. The predicted molar refractivity (Wildman–Crippen MR) is 66.3 cm³/mol. The van der Waals surface area contributed by atoms with Gasteiger partial charge in [-0.25, -0.2) is 0 Å². The van der Waals surface area contributed by atoms with Gasteiger partial charge in [-0.1, -0.05) is 5.10 Å². The normalized spacial score (nSPS) is 12.4. The van der Waals surface area contributed by atoms with Gasteiger partial charge in [0, 0.05) is 9.75 Å². The third kappa shape index (κ3) is 2.44. The van der Waals surface area contributed by atoms with Crippen LogP contribution >= 0.6 is 11.3 Å². The Kier molecular flexibility index (Phi) is 3.10. The van der Waals surface area contributed by atoms with Crippen molar-refractivity contribution in [3.05, 3.63) is 38.2 Å². The fraction of sp³-hybridized carbons (Fsp3) is 0.300. The zero-order valence-corrected chi connectivity index (χ0v) is 10.2. The van der Waals surface area contributed by atoms with E-state index in [4.69, 9.17) is 0 Å². The molecule has 2 aromatic rings. The quantitative estimate of drug-likeness (QED) is 0.647. The van der Waals surface area contributed by atoms with E-state index in [1.165, 1.54) is 11.1 Å². The predicted octanol–water partition coefficient (Wildman–Crippen LogP) is 2.86. The van der Waals surface area contributed by atoms with Crippen LogP contribution in [0.2, 0.25) is 0 Å². The van der Waals surface area contributed by atoms with E-state index in [2.05, 4.69) is 15.5 Å². The highest BCUT2D eigenvalue weighted by atomic mass is 32.1. The molecule has 0 aliphatic rings. The number of nitrogens with one attached hydrogen (secondary N) is 2. The lowest BCUT2D eigenvalue weighted by Gasteiger charge is -2.11. The van der Waals surface area contributed by atoms with Gasteiger partial charge in [-0.2, -0.15) is 0 Å². The van der Waals surface area contributed by atoms with Crippen molar-refractivity contribution in [2.75, 3.05) is 5.32 Å². The lowest BCUT2D eigenvalue weighted by Crippen LogP contribution is -2.05. The van der Waals surface area contributed by atoms with Gasteiger partial charge in [0.25, 0.3) is 0 Å². The molecule has 17 heavy (non-hydrogen) atoms. The van der Waals surface area contributed by atoms with Gasteiger partial charge < -0.3 is 15.4 Å². The Bertz CT molecular complexity index is 534. The standard InChI is InChI=1S/C10H12N4O2S/c1-6-3-4-9(17-6)7(2)12-8-5-11-13-10(8)14(15)16/h3-5,7,12H,1-2H3,(H,11,13). The van der Waals surface area contributed by atoms with E-state index < -0.39 is 4.92 Å². The van der Waals surface area contributed by atoms with Crippen LogP contribution < -0.4 is 5.32 Å². The van der Waals surface area contributed by atoms with Crippen molar-refractivity contribution in [3.63, 3.8) is 0 Å². The van der Waals surface area contributed by atoms with Crippen LogP contribution in [0.25, 0.3) is 0 Å². The number of nitro groups is 1. The van der Waals surface area contributed by atoms with E-state index in [-0.39, 0.29) is 11.9 Å². The summed E-state index contributed by atoms with van der Waals surface area (Å²) in [4.78, 5) is 12.6. The summed E-state index contributed by atoms with van der Waals surface area (Å²) in [5, 5.41) is 19.8. The van der Waals surface area contributed by atoms with Crippen LogP contribution in [0.5, 0.6) is 0 Å². The third-order valence-electron chi connectivity index (χ3n) is 2.36. The fourth-order valence-corrected chi connectivity index (χ4v) is 2.39. The molecule has 2 aromatic heterocycles. The minimum absolute atomic E-state index is 0.0185. The van der Waals surface area contributed by atoms with Crippen LogP contribution in [0.4, 0.5) is 11.5 Å². The topological polar surface area (TPSA) is 83.8 Å². The molecule has 0 aliphatic carbocycles. The molecule has 0 aliphatic heterocycles. The van der Waals surface area contributed by atoms with Gasteiger partial charge in [-0.05, 0) is 30.9 Å². The van der Waals surface area contributed by atoms with E-state index >= 15 is 0 Å². The molecule has 2 N–H and O–H groups in total. The van der Waals surface area contributed by atoms with E-state index in [9.17, 15) is 10.1 Å². The molecule has 0 saturated heterocycles. The van der Waals surface area contributed by atoms with Gasteiger partial charge in [0.2, 0.25) is 0 Å². The average Bonchev–Trinajstić information content (AvgIpc) is 2.86. The highest BCUT2D eigenvalue weighted by Gasteiger charge is 2.17. The number of aryl methyl sites for hydroxylation is 1. The maximum absolute atomic E-state index is 10.7. The van der Waals surface area contributed by atoms with E-state index in [1.54, 1.807) is 11.3 Å². The fourth-order valence-electron chi connectivity index (χ4n) is 1.51. The number of hydrogen-bond donors (Lipinski definition) is 2. The molecule has 0 radical (unpaired) electrons. The minimum atomic E-state index is -0.484. The summed E-state index contributed by atoms with van der Waals surface area (Å²) in [7, 11) is 0. The smallest absolute Gasteiger partial charge is 0.366 e. The first-order chi connectivity index (χ1) is 8.08. The largest absolute Gasteiger partial charge is 0.369 e. The minimum Gasteiger partial charge on any atom is -0.369 e. The van der Waals surface area contributed by atoms with Crippen LogP contribution in [-0.4, -0.2) is 15.1 Å². The molecular weight excluding hydrogens is 240 g/mol. The number of hydrogen-bond acceptors (Lipinski definition) is 5. The number of rotatable bonds is 4. The number of aromatic amines is 1. The number of nitrogens with zero attached hydrogens (tertiary/aromatic N) is 2. The molecule has 0 aromatic carbocycles. The molecule has 0 amide bonds. The molecule has 1 atom stereocenters. The van der Waals surface area contributed by atoms with Crippen molar-refractivity contribution in [3.8, 4) is 0 Å². The summed E-state index contributed by atoms with van der Waals surface area (Å²) in [6.45, 7) is 3.99. The molecule has 0 bridgehead atoms. The maximum Gasteiger partial charge on any atom is 0.366 e. The van der Waals surface area contributed by atoms with E-state index in [0.717, 1.165) is 4.88 Å². The summed E-state index contributed by atoms with van der Waals surface area (Å²) in [5.41, 5.74) is 0.411. The first kappa shape index (κ1) is 11.6. The van der Waals surface area contributed by atoms with Crippen molar-refractivity contribution < 1.29 is 4.92 Å². The summed E-state index contributed by atoms with van der Waals surface area (Å²) in [5.74, 6) is -0.106. The Balaban J connectivity index is 2.15. The summed E-state index contributed by atoms with van der Waals surface area (Å²) < 4.78 is 0. The monoisotopic (exact) mass is 252 g/mol. The summed E-state index contributed by atoms with van der Waals surface area (Å²) in [6, 6.07) is 4.07. The maximum atomic E-state index is 10.7. The van der Waals surface area contributed by atoms with E-state index in [0.29, 0.717) is 5.69 Å². The van der Waals surface area contributed by atoms with Crippen molar-refractivity contribution in [2.24, 2.45) is 0 Å². The van der Waals surface area contributed by atoms with Crippen molar-refractivity contribution >= 4 is 22.8 Å². The molecular formula is C10H12N4O2S.